The number of halogens is 1. The average Bonchev–Trinajstić information content (AvgIpc) is 2.72. The van der Waals surface area contributed by atoms with Crippen LogP contribution in [0.15, 0.2) is 42.7 Å². The van der Waals surface area contributed by atoms with Crippen LogP contribution in [0.3, 0.4) is 0 Å². The molecule has 1 aliphatic rings. The molecular formula is C20H25FN4O2. The van der Waals surface area contributed by atoms with Crippen molar-refractivity contribution < 1.29 is 13.9 Å². The Morgan fingerprint density at radius 2 is 2.00 bits per heavy atom. The molecule has 1 fully saturated rings. The van der Waals surface area contributed by atoms with Gasteiger partial charge < -0.3 is 15.0 Å². The van der Waals surface area contributed by atoms with Crippen molar-refractivity contribution in [2.75, 3.05) is 31.1 Å². The molecule has 144 valence electrons. The second-order valence-corrected chi connectivity index (χ2v) is 6.63. The fourth-order valence-corrected chi connectivity index (χ4v) is 3.13. The highest BCUT2D eigenvalue weighted by molar-refractivity contribution is 5.79. The van der Waals surface area contributed by atoms with Gasteiger partial charge in [0.2, 0.25) is 11.9 Å². The fourth-order valence-electron chi connectivity index (χ4n) is 3.13. The first kappa shape index (κ1) is 19.1. The van der Waals surface area contributed by atoms with Crippen LogP contribution in [-0.4, -0.2) is 42.1 Å². The molecule has 7 heteroatoms. The third kappa shape index (κ3) is 5.91. The van der Waals surface area contributed by atoms with Crippen molar-refractivity contribution in [3.8, 4) is 5.75 Å². The maximum atomic E-state index is 12.8. The summed E-state index contributed by atoms with van der Waals surface area (Å²) in [5, 5.41) is 3.02. The first-order valence-electron chi connectivity index (χ1n) is 9.40. The Morgan fingerprint density at radius 3 is 2.78 bits per heavy atom. The number of anilines is 1. The van der Waals surface area contributed by atoms with Crippen LogP contribution in [0.1, 0.15) is 25.7 Å². The molecule has 0 bridgehead atoms. The van der Waals surface area contributed by atoms with Gasteiger partial charge in [-0.2, -0.15) is 0 Å². The highest BCUT2D eigenvalue weighted by Crippen LogP contribution is 2.20. The molecular weight excluding hydrogens is 347 g/mol. The Hall–Kier alpha value is -2.70. The number of hydrogen-bond donors (Lipinski definition) is 1. The van der Waals surface area contributed by atoms with Crippen LogP contribution in [0.4, 0.5) is 10.3 Å². The SMILES string of the molecule is O=C(NCCCCOc1ccc(F)cc1)C1CCCN(c2ncccn2)C1. The molecule has 1 atom stereocenters. The molecule has 2 heterocycles. The number of aromatic nitrogens is 2. The van der Waals surface area contributed by atoms with E-state index in [0.29, 0.717) is 31.4 Å². The molecule has 27 heavy (non-hydrogen) atoms. The summed E-state index contributed by atoms with van der Waals surface area (Å²) >= 11 is 0. The minimum Gasteiger partial charge on any atom is -0.494 e. The summed E-state index contributed by atoms with van der Waals surface area (Å²) in [7, 11) is 0. The first-order chi connectivity index (χ1) is 13.2. The molecule has 1 unspecified atom stereocenters. The molecule has 0 saturated carbocycles. The topological polar surface area (TPSA) is 67.3 Å². The summed E-state index contributed by atoms with van der Waals surface area (Å²) in [6.45, 7) is 2.71. The molecule has 0 radical (unpaired) electrons. The van der Waals surface area contributed by atoms with Gasteiger partial charge >= 0.3 is 0 Å². The zero-order valence-corrected chi connectivity index (χ0v) is 15.3. The van der Waals surface area contributed by atoms with Gasteiger partial charge in [-0.15, -0.1) is 0 Å². The van der Waals surface area contributed by atoms with E-state index < -0.39 is 0 Å². The van der Waals surface area contributed by atoms with Crippen LogP contribution >= 0.6 is 0 Å². The molecule has 1 aliphatic heterocycles. The number of hydrogen-bond acceptors (Lipinski definition) is 5. The number of carbonyl (C=O) groups is 1. The van der Waals surface area contributed by atoms with E-state index in [-0.39, 0.29) is 17.6 Å². The number of rotatable bonds is 8. The number of carbonyl (C=O) groups excluding carboxylic acids is 1. The van der Waals surface area contributed by atoms with Crippen molar-refractivity contribution in [2.24, 2.45) is 5.92 Å². The van der Waals surface area contributed by atoms with Crippen LogP contribution in [0.2, 0.25) is 0 Å². The van der Waals surface area contributed by atoms with Gasteiger partial charge in [-0.3, -0.25) is 4.79 Å². The largest absolute Gasteiger partial charge is 0.494 e. The Labute approximate surface area is 158 Å². The van der Waals surface area contributed by atoms with Gasteiger partial charge in [0.05, 0.1) is 12.5 Å². The van der Waals surface area contributed by atoms with Crippen molar-refractivity contribution >= 4 is 11.9 Å². The lowest BCUT2D eigenvalue weighted by molar-refractivity contribution is -0.125. The van der Waals surface area contributed by atoms with Gasteiger partial charge in [0.25, 0.3) is 0 Å². The first-order valence-corrected chi connectivity index (χ1v) is 9.40. The molecule has 0 spiro atoms. The summed E-state index contributed by atoms with van der Waals surface area (Å²) in [5.74, 6) is 1.14. The number of benzene rings is 1. The van der Waals surface area contributed by atoms with Crippen molar-refractivity contribution in [1.82, 2.24) is 15.3 Å². The summed E-state index contributed by atoms with van der Waals surface area (Å²) in [6.07, 6.45) is 6.96. The van der Waals surface area contributed by atoms with Crippen LogP contribution < -0.4 is 15.0 Å². The van der Waals surface area contributed by atoms with E-state index in [1.807, 2.05) is 0 Å². The van der Waals surface area contributed by atoms with Crippen LogP contribution in [0.5, 0.6) is 5.75 Å². The van der Waals surface area contributed by atoms with Gasteiger partial charge in [-0.1, -0.05) is 0 Å². The molecule has 6 nitrogen and oxygen atoms in total. The van der Waals surface area contributed by atoms with Gasteiger partial charge in [0.15, 0.2) is 0 Å². The molecule has 1 amide bonds. The monoisotopic (exact) mass is 372 g/mol. The van der Waals surface area contributed by atoms with Crippen LogP contribution in [0.25, 0.3) is 0 Å². The molecule has 1 N–H and O–H groups in total. The number of piperidine rings is 1. The lowest BCUT2D eigenvalue weighted by Gasteiger charge is -2.31. The summed E-state index contributed by atoms with van der Waals surface area (Å²) in [6, 6.07) is 7.77. The van der Waals surface area contributed by atoms with E-state index in [4.69, 9.17) is 4.74 Å². The molecule has 1 saturated heterocycles. The van der Waals surface area contributed by atoms with Gasteiger partial charge in [-0.05, 0) is 56.0 Å². The van der Waals surface area contributed by atoms with Crippen molar-refractivity contribution in [3.63, 3.8) is 0 Å². The summed E-state index contributed by atoms with van der Waals surface area (Å²) in [5.41, 5.74) is 0. The molecule has 3 rings (SSSR count). The second kappa shape index (κ2) is 9.85. The third-order valence-electron chi connectivity index (χ3n) is 4.58. The van der Waals surface area contributed by atoms with Crippen LogP contribution in [0, 0.1) is 11.7 Å². The second-order valence-electron chi connectivity index (χ2n) is 6.63. The summed E-state index contributed by atoms with van der Waals surface area (Å²) < 4.78 is 18.4. The highest BCUT2D eigenvalue weighted by atomic mass is 19.1. The van der Waals surface area contributed by atoms with Gasteiger partial charge in [-0.25, -0.2) is 14.4 Å². The molecule has 2 aromatic rings. The van der Waals surface area contributed by atoms with Gasteiger partial charge in [0, 0.05) is 32.0 Å². The zero-order valence-electron chi connectivity index (χ0n) is 15.3. The number of nitrogens with one attached hydrogen (secondary N) is 1. The highest BCUT2D eigenvalue weighted by Gasteiger charge is 2.26. The number of amides is 1. The van der Waals surface area contributed by atoms with Crippen molar-refractivity contribution in [1.29, 1.82) is 0 Å². The smallest absolute Gasteiger partial charge is 0.225 e. The van der Waals surface area contributed by atoms with Crippen LogP contribution in [-0.2, 0) is 4.79 Å². The van der Waals surface area contributed by atoms with E-state index in [0.717, 1.165) is 32.2 Å². The third-order valence-corrected chi connectivity index (χ3v) is 4.58. The minimum atomic E-state index is -0.273. The van der Waals surface area contributed by atoms with E-state index >= 15 is 0 Å². The van der Waals surface area contributed by atoms with E-state index in [9.17, 15) is 9.18 Å². The predicted molar refractivity (Wildman–Crippen MR) is 101 cm³/mol. The standard InChI is InChI=1S/C20H25FN4O2/c21-17-6-8-18(9-7-17)27-14-2-1-10-22-19(26)16-5-3-13-25(15-16)20-23-11-4-12-24-20/h4,6-9,11-12,16H,1-3,5,10,13-15H2,(H,22,26). The predicted octanol–water partition coefficient (Wildman–Crippen LogP) is 2.81. The van der Waals surface area contributed by atoms with Gasteiger partial charge in [0.1, 0.15) is 11.6 Å². The number of ether oxygens (including phenoxy) is 1. The molecule has 0 aliphatic carbocycles. The lowest BCUT2D eigenvalue weighted by Crippen LogP contribution is -2.43. The maximum absolute atomic E-state index is 12.8. The molecule has 1 aromatic heterocycles. The lowest BCUT2D eigenvalue weighted by atomic mass is 9.97. The van der Waals surface area contributed by atoms with E-state index in [1.165, 1.54) is 12.1 Å². The Bertz CT molecular complexity index is 712. The minimum absolute atomic E-state index is 0.0296. The zero-order chi connectivity index (χ0) is 18.9. The Kier molecular flexibility index (Phi) is 6.96. The van der Waals surface area contributed by atoms with E-state index in [1.54, 1.807) is 30.6 Å². The number of unbranched alkanes of at least 4 members (excludes halogenated alkanes) is 1. The fraction of sp³-hybridized carbons (Fsp3) is 0.450. The Morgan fingerprint density at radius 1 is 1.22 bits per heavy atom. The Balaban J connectivity index is 1.32. The quantitative estimate of drug-likeness (QED) is 0.722. The summed E-state index contributed by atoms with van der Waals surface area (Å²) in [4.78, 5) is 23.0. The molecule has 1 aromatic carbocycles. The normalized spacial score (nSPS) is 16.8. The van der Waals surface area contributed by atoms with Crippen molar-refractivity contribution in [2.45, 2.75) is 25.7 Å². The average molecular weight is 372 g/mol. The number of nitrogens with zero attached hydrogens (tertiary/aromatic N) is 3. The maximum Gasteiger partial charge on any atom is 0.225 e. The van der Waals surface area contributed by atoms with Crippen molar-refractivity contribution in [3.05, 3.63) is 48.5 Å². The van der Waals surface area contributed by atoms with E-state index in [2.05, 4.69) is 20.2 Å².